The SMILES string of the molecule is CCc1ccc2cc(C(C)C)cnc2c1. The summed E-state index contributed by atoms with van der Waals surface area (Å²) >= 11 is 0. The number of benzene rings is 1. The molecule has 78 valence electrons. The topological polar surface area (TPSA) is 12.9 Å². The normalized spacial score (nSPS) is 11.2. The van der Waals surface area contributed by atoms with Gasteiger partial charge < -0.3 is 0 Å². The van der Waals surface area contributed by atoms with Crippen molar-refractivity contribution in [1.82, 2.24) is 4.98 Å². The van der Waals surface area contributed by atoms with Gasteiger partial charge in [0.25, 0.3) is 0 Å². The van der Waals surface area contributed by atoms with E-state index in [1.807, 2.05) is 6.20 Å². The first-order chi connectivity index (χ1) is 7.20. The van der Waals surface area contributed by atoms with Crippen LogP contribution < -0.4 is 0 Å². The average molecular weight is 199 g/mol. The van der Waals surface area contributed by atoms with Crippen LogP contribution in [0.1, 0.15) is 37.8 Å². The van der Waals surface area contributed by atoms with Gasteiger partial charge >= 0.3 is 0 Å². The van der Waals surface area contributed by atoms with Crippen LogP contribution in [0.4, 0.5) is 0 Å². The fourth-order valence-electron chi connectivity index (χ4n) is 1.72. The molecule has 15 heavy (non-hydrogen) atoms. The van der Waals surface area contributed by atoms with E-state index in [1.54, 1.807) is 0 Å². The fraction of sp³-hybridized carbons (Fsp3) is 0.357. The van der Waals surface area contributed by atoms with E-state index in [2.05, 4.69) is 50.0 Å². The van der Waals surface area contributed by atoms with Crippen LogP contribution in [0.2, 0.25) is 0 Å². The lowest BCUT2D eigenvalue weighted by Crippen LogP contribution is -1.90. The molecule has 1 aromatic heterocycles. The van der Waals surface area contributed by atoms with Crippen molar-refractivity contribution in [3.63, 3.8) is 0 Å². The molecule has 0 fully saturated rings. The highest BCUT2D eigenvalue weighted by Gasteiger charge is 2.02. The van der Waals surface area contributed by atoms with Crippen molar-refractivity contribution in [3.05, 3.63) is 41.6 Å². The van der Waals surface area contributed by atoms with Crippen molar-refractivity contribution < 1.29 is 0 Å². The van der Waals surface area contributed by atoms with Gasteiger partial charge in [-0.05, 0) is 35.6 Å². The molecule has 0 amide bonds. The summed E-state index contributed by atoms with van der Waals surface area (Å²) in [5.41, 5.74) is 3.78. The third-order valence-electron chi connectivity index (χ3n) is 2.84. The zero-order chi connectivity index (χ0) is 10.8. The number of rotatable bonds is 2. The summed E-state index contributed by atoms with van der Waals surface area (Å²) < 4.78 is 0. The van der Waals surface area contributed by atoms with Crippen LogP contribution in [0.25, 0.3) is 10.9 Å². The van der Waals surface area contributed by atoms with Crippen molar-refractivity contribution in [2.75, 3.05) is 0 Å². The molecular formula is C14H17N. The highest BCUT2D eigenvalue weighted by Crippen LogP contribution is 2.20. The monoisotopic (exact) mass is 199 g/mol. The van der Waals surface area contributed by atoms with Crippen molar-refractivity contribution in [1.29, 1.82) is 0 Å². The minimum atomic E-state index is 0.549. The lowest BCUT2D eigenvalue weighted by molar-refractivity contribution is 0.862. The Morgan fingerprint density at radius 2 is 2.00 bits per heavy atom. The highest BCUT2D eigenvalue weighted by atomic mass is 14.6. The minimum Gasteiger partial charge on any atom is -0.256 e. The number of pyridine rings is 1. The zero-order valence-electron chi connectivity index (χ0n) is 9.62. The molecule has 0 unspecified atom stereocenters. The minimum absolute atomic E-state index is 0.549. The Bertz CT molecular complexity index is 472. The van der Waals surface area contributed by atoms with Gasteiger partial charge in [0.2, 0.25) is 0 Å². The van der Waals surface area contributed by atoms with E-state index in [-0.39, 0.29) is 0 Å². The first kappa shape index (κ1) is 10.2. The maximum absolute atomic E-state index is 4.51. The zero-order valence-corrected chi connectivity index (χ0v) is 9.62. The predicted octanol–water partition coefficient (Wildman–Crippen LogP) is 3.92. The number of aromatic nitrogens is 1. The third-order valence-corrected chi connectivity index (χ3v) is 2.84. The smallest absolute Gasteiger partial charge is 0.0704 e. The first-order valence-electron chi connectivity index (χ1n) is 5.59. The summed E-state index contributed by atoms with van der Waals surface area (Å²) in [7, 11) is 0. The lowest BCUT2D eigenvalue weighted by atomic mass is 10.0. The summed E-state index contributed by atoms with van der Waals surface area (Å²) in [5, 5.41) is 1.25. The van der Waals surface area contributed by atoms with Crippen LogP contribution in [-0.4, -0.2) is 4.98 Å². The van der Waals surface area contributed by atoms with Gasteiger partial charge in [-0.25, -0.2) is 0 Å². The van der Waals surface area contributed by atoms with E-state index >= 15 is 0 Å². The van der Waals surface area contributed by atoms with Crippen LogP contribution >= 0.6 is 0 Å². The molecular weight excluding hydrogens is 182 g/mol. The molecule has 0 N–H and O–H groups in total. The number of hydrogen-bond donors (Lipinski definition) is 0. The van der Waals surface area contributed by atoms with Gasteiger partial charge in [-0.3, -0.25) is 4.98 Å². The molecule has 0 radical (unpaired) electrons. The van der Waals surface area contributed by atoms with Crippen LogP contribution in [0, 0.1) is 0 Å². The summed E-state index contributed by atoms with van der Waals surface area (Å²) in [6.07, 6.45) is 3.07. The van der Waals surface area contributed by atoms with E-state index in [4.69, 9.17) is 0 Å². The molecule has 0 aliphatic carbocycles. The molecule has 1 heterocycles. The molecule has 1 nitrogen and oxygen atoms in total. The maximum atomic E-state index is 4.51. The van der Waals surface area contributed by atoms with Crippen molar-refractivity contribution in [2.45, 2.75) is 33.1 Å². The average Bonchev–Trinajstić information content (AvgIpc) is 2.27. The first-order valence-corrected chi connectivity index (χ1v) is 5.59. The molecule has 0 bridgehead atoms. The van der Waals surface area contributed by atoms with E-state index in [1.165, 1.54) is 16.5 Å². The fourth-order valence-corrected chi connectivity index (χ4v) is 1.72. The summed E-state index contributed by atoms with van der Waals surface area (Å²) in [6.45, 7) is 6.57. The van der Waals surface area contributed by atoms with Gasteiger partial charge in [-0.2, -0.15) is 0 Å². The van der Waals surface area contributed by atoms with E-state index in [9.17, 15) is 0 Å². The molecule has 0 atom stereocenters. The molecule has 2 rings (SSSR count). The molecule has 2 aromatic rings. The summed E-state index contributed by atoms with van der Waals surface area (Å²) in [5.74, 6) is 0.549. The van der Waals surface area contributed by atoms with Gasteiger partial charge in [0, 0.05) is 11.6 Å². The Balaban J connectivity index is 2.55. The second-order valence-corrected chi connectivity index (χ2v) is 4.30. The molecule has 0 saturated carbocycles. The number of aryl methyl sites for hydroxylation is 1. The Labute approximate surface area is 91.2 Å². The number of fused-ring (bicyclic) bond motifs is 1. The van der Waals surface area contributed by atoms with Gasteiger partial charge in [0.05, 0.1) is 5.52 Å². The molecule has 0 saturated heterocycles. The second kappa shape index (κ2) is 4.01. The van der Waals surface area contributed by atoms with E-state index in [0.29, 0.717) is 5.92 Å². The molecule has 1 heteroatoms. The maximum Gasteiger partial charge on any atom is 0.0704 e. The Morgan fingerprint density at radius 1 is 1.20 bits per heavy atom. The highest BCUT2D eigenvalue weighted by molar-refractivity contribution is 5.79. The Morgan fingerprint density at radius 3 is 2.67 bits per heavy atom. The largest absolute Gasteiger partial charge is 0.256 e. The number of nitrogens with zero attached hydrogens (tertiary/aromatic N) is 1. The lowest BCUT2D eigenvalue weighted by Gasteiger charge is -2.06. The van der Waals surface area contributed by atoms with E-state index in [0.717, 1.165) is 11.9 Å². The van der Waals surface area contributed by atoms with Gasteiger partial charge in [-0.15, -0.1) is 0 Å². The van der Waals surface area contributed by atoms with Gasteiger partial charge in [0.15, 0.2) is 0 Å². The quantitative estimate of drug-likeness (QED) is 0.714. The molecule has 0 aliphatic rings. The van der Waals surface area contributed by atoms with Crippen molar-refractivity contribution in [2.24, 2.45) is 0 Å². The van der Waals surface area contributed by atoms with E-state index < -0.39 is 0 Å². The van der Waals surface area contributed by atoms with Crippen LogP contribution in [-0.2, 0) is 6.42 Å². The Hall–Kier alpha value is -1.37. The molecule has 0 aliphatic heterocycles. The van der Waals surface area contributed by atoms with Crippen molar-refractivity contribution >= 4 is 10.9 Å². The molecule has 0 spiro atoms. The second-order valence-electron chi connectivity index (χ2n) is 4.30. The van der Waals surface area contributed by atoms with Crippen LogP contribution in [0.5, 0.6) is 0 Å². The third kappa shape index (κ3) is 2.01. The standard InChI is InChI=1S/C14H17N/c1-4-11-5-6-12-8-13(10(2)3)9-15-14(12)7-11/h5-10H,4H2,1-3H3. The Kier molecular flexibility index (Phi) is 2.72. The van der Waals surface area contributed by atoms with Crippen molar-refractivity contribution in [3.8, 4) is 0 Å². The van der Waals surface area contributed by atoms with Crippen LogP contribution in [0.3, 0.4) is 0 Å². The summed E-state index contributed by atoms with van der Waals surface area (Å²) in [4.78, 5) is 4.51. The van der Waals surface area contributed by atoms with Gasteiger partial charge in [-0.1, -0.05) is 32.9 Å². The number of hydrogen-bond acceptors (Lipinski definition) is 1. The van der Waals surface area contributed by atoms with Crippen LogP contribution in [0.15, 0.2) is 30.5 Å². The predicted molar refractivity (Wildman–Crippen MR) is 65.2 cm³/mol. The van der Waals surface area contributed by atoms with Gasteiger partial charge in [0.1, 0.15) is 0 Å². The summed E-state index contributed by atoms with van der Waals surface area (Å²) in [6, 6.07) is 8.78. The molecule has 1 aromatic carbocycles.